The molecule has 4 nitrogen and oxygen atoms in total. The molecule has 0 saturated heterocycles. The maximum absolute atomic E-state index is 13.0. The first-order valence-corrected chi connectivity index (χ1v) is 9.06. The second-order valence-electron chi connectivity index (χ2n) is 6.40. The van der Waals surface area contributed by atoms with Crippen molar-refractivity contribution in [3.05, 3.63) is 64.7 Å². The van der Waals surface area contributed by atoms with Crippen molar-refractivity contribution in [1.82, 2.24) is 5.32 Å². The Morgan fingerprint density at radius 3 is 2.35 bits per heavy atom. The van der Waals surface area contributed by atoms with Crippen LogP contribution in [-0.2, 0) is 4.79 Å². The second kappa shape index (κ2) is 9.38. The SMILES string of the molecule is Cc1ccc(N(CCC#N)C(=O)C(C)NC(C)c2ccc(Cl)cc2)cc1. The predicted octanol–water partition coefficient (Wildman–Crippen LogP) is 4.63. The number of aryl methyl sites for hydroxylation is 1. The van der Waals surface area contributed by atoms with E-state index in [-0.39, 0.29) is 18.0 Å². The lowest BCUT2D eigenvalue weighted by atomic mass is 10.1. The van der Waals surface area contributed by atoms with Crippen molar-refractivity contribution in [2.75, 3.05) is 11.4 Å². The monoisotopic (exact) mass is 369 g/mol. The Morgan fingerprint density at radius 2 is 1.77 bits per heavy atom. The first-order chi connectivity index (χ1) is 12.4. The fourth-order valence-corrected chi connectivity index (χ4v) is 2.91. The van der Waals surface area contributed by atoms with Gasteiger partial charge in [-0.2, -0.15) is 5.26 Å². The van der Waals surface area contributed by atoms with Crippen LogP contribution in [0.1, 0.15) is 37.4 Å². The number of anilines is 1. The Bertz CT molecular complexity index is 765. The summed E-state index contributed by atoms with van der Waals surface area (Å²) >= 11 is 5.93. The first kappa shape index (κ1) is 20.0. The van der Waals surface area contributed by atoms with Gasteiger partial charge in [0.1, 0.15) is 0 Å². The van der Waals surface area contributed by atoms with E-state index in [9.17, 15) is 4.79 Å². The van der Waals surface area contributed by atoms with Crippen LogP contribution in [-0.4, -0.2) is 18.5 Å². The van der Waals surface area contributed by atoms with Crippen molar-refractivity contribution in [2.24, 2.45) is 0 Å². The highest BCUT2D eigenvalue weighted by Gasteiger charge is 2.23. The molecule has 1 N–H and O–H groups in total. The average Bonchev–Trinajstić information content (AvgIpc) is 2.63. The molecule has 0 bridgehead atoms. The summed E-state index contributed by atoms with van der Waals surface area (Å²) in [4.78, 5) is 14.7. The van der Waals surface area contributed by atoms with Crippen molar-refractivity contribution in [3.8, 4) is 6.07 Å². The number of carbonyl (C=O) groups is 1. The highest BCUT2D eigenvalue weighted by Crippen LogP contribution is 2.19. The minimum atomic E-state index is -0.388. The Kier molecular flexibility index (Phi) is 7.20. The number of halogens is 1. The third-order valence-electron chi connectivity index (χ3n) is 4.30. The van der Waals surface area contributed by atoms with Crippen LogP contribution in [0.4, 0.5) is 5.69 Å². The van der Waals surface area contributed by atoms with Gasteiger partial charge in [-0.25, -0.2) is 0 Å². The standard InChI is InChI=1S/C21H24ClN3O/c1-15-5-11-20(12-6-15)25(14-4-13-23)21(26)17(3)24-16(2)18-7-9-19(22)10-8-18/h5-12,16-17,24H,4,14H2,1-3H3. The predicted molar refractivity (Wildman–Crippen MR) is 106 cm³/mol. The van der Waals surface area contributed by atoms with E-state index in [2.05, 4.69) is 11.4 Å². The number of amides is 1. The number of hydrogen-bond acceptors (Lipinski definition) is 3. The van der Waals surface area contributed by atoms with Crippen molar-refractivity contribution >= 4 is 23.2 Å². The van der Waals surface area contributed by atoms with Gasteiger partial charge in [-0.1, -0.05) is 41.4 Å². The van der Waals surface area contributed by atoms with Gasteiger partial charge in [0.2, 0.25) is 5.91 Å². The zero-order chi connectivity index (χ0) is 19.1. The summed E-state index contributed by atoms with van der Waals surface area (Å²) in [5.41, 5.74) is 3.00. The van der Waals surface area contributed by atoms with E-state index in [0.717, 1.165) is 16.8 Å². The highest BCUT2D eigenvalue weighted by atomic mass is 35.5. The molecule has 1 amide bonds. The molecule has 0 fully saturated rings. The van der Waals surface area contributed by atoms with Gasteiger partial charge in [0.05, 0.1) is 18.5 Å². The smallest absolute Gasteiger partial charge is 0.243 e. The quantitative estimate of drug-likeness (QED) is 0.773. The minimum Gasteiger partial charge on any atom is -0.310 e. The molecule has 136 valence electrons. The highest BCUT2D eigenvalue weighted by molar-refractivity contribution is 6.30. The molecule has 0 saturated carbocycles. The molecule has 26 heavy (non-hydrogen) atoms. The topological polar surface area (TPSA) is 56.1 Å². The molecule has 0 aliphatic carbocycles. The number of carbonyl (C=O) groups excluding carboxylic acids is 1. The van der Waals surface area contributed by atoms with Crippen LogP contribution in [0, 0.1) is 18.3 Å². The van der Waals surface area contributed by atoms with Crippen LogP contribution >= 0.6 is 11.6 Å². The lowest BCUT2D eigenvalue weighted by Crippen LogP contribution is -2.46. The Labute approximate surface area is 160 Å². The fourth-order valence-electron chi connectivity index (χ4n) is 2.78. The zero-order valence-electron chi connectivity index (χ0n) is 15.4. The van der Waals surface area contributed by atoms with Gasteiger partial charge in [0, 0.05) is 23.3 Å². The Hall–Kier alpha value is -2.35. The number of nitrogens with zero attached hydrogens (tertiary/aromatic N) is 2. The summed E-state index contributed by atoms with van der Waals surface area (Å²) in [5, 5.41) is 13.0. The van der Waals surface area contributed by atoms with Gasteiger partial charge in [0.15, 0.2) is 0 Å². The molecule has 5 heteroatoms. The summed E-state index contributed by atoms with van der Waals surface area (Å²) in [6.07, 6.45) is 0.291. The Morgan fingerprint density at radius 1 is 1.15 bits per heavy atom. The van der Waals surface area contributed by atoms with Crippen LogP contribution < -0.4 is 10.2 Å². The first-order valence-electron chi connectivity index (χ1n) is 8.69. The van der Waals surface area contributed by atoms with Crippen molar-refractivity contribution in [1.29, 1.82) is 5.26 Å². The van der Waals surface area contributed by atoms with Gasteiger partial charge in [-0.15, -0.1) is 0 Å². The molecular formula is C21H24ClN3O. The second-order valence-corrected chi connectivity index (χ2v) is 6.83. The molecule has 2 rings (SSSR count). The molecule has 2 atom stereocenters. The normalized spacial score (nSPS) is 12.9. The van der Waals surface area contributed by atoms with E-state index >= 15 is 0 Å². The van der Waals surface area contributed by atoms with Crippen molar-refractivity contribution < 1.29 is 4.79 Å². The van der Waals surface area contributed by atoms with E-state index in [1.165, 1.54) is 0 Å². The fraction of sp³-hybridized carbons (Fsp3) is 0.333. The van der Waals surface area contributed by atoms with E-state index in [1.54, 1.807) is 4.90 Å². The molecule has 0 aromatic heterocycles. The van der Waals surface area contributed by atoms with E-state index in [4.69, 9.17) is 16.9 Å². The maximum atomic E-state index is 13.0. The zero-order valence-corrected chi connectivity index (χ0v) is 16.1. The minimum absolute atomic E-state index is 0.00190. The number of rotatable bonds is 7. The third-order valence-corrected chi connectivity index (χ3v) is 4.55. The van der Waals surface area contributed by atoms with Crippen LogP contribution in [0.15, 0.2) is 48.5 Å². The van der Waals surface area contributed by atoms with Crippen molar-refractivity contribution in [2.45, 2.75) is 39.3 Å². The van der Waals surface area contributed by atoms with Crippen LogP contribution in [0.25, 0.3) is 0 Å². The molecule has 2 aromatic rings. The Balaban J connectivity index is 2.12. The largest absolute Gasteiger partial charge is 0.310 e. The molecule has 0 aliphatic rings. The summed E-state index contributed by atoms with van der Waals surface area (Å²) in [6, 6.07) is 17.1. The molecule has 0 radical (unpaired) electrons. The summed E-state index contributed by atoms with van der Waals surface area (Å²) in [5.74, 6) is -0.0510. The number of benzene rings is 2. The van der Waals surface area contributed by atoms with Crippen LogP contribution in [0.2, 0.25) is 5.02 Å². The lowest BCUT2D eigenvalue weighted by Gasteiger charge is -2.27. The molecule has 2 aromatic carbocycles. The number of nitrogens with one attached hydrogen (secondary N) is 1. The number of hydrogen-bond donors (Lipinski definition) is 1. The van der Waals surface area contributed by atoms with E-state index in [1.807, 2.05) is 69.3 Å². The third kappa shape index (κ3) is 5.32. The van der Waals surface area contributed by atoms with Crippen molar-refractivity contribution in [3.63, 3.8) is 0 Å². The van der Waals surface area contributed by atoms with E-state index < -0.39 is 0 Å². The lowest BCUT2D eigenvalue weighted by molar-refractivity contribution is -0.120. The molecule has 0 spiro atoms. The van der Waals surface area contributed by atoms with Gasteiger partial charge >= 0.3 is 0 Å². The molecule has 0 heterocycles. The maximum Gasteiger partial charge on any atom is 0.243 e. The molecule has 2 unspecified atom stereocenters. The summed E-state index contributed by atoms with van der Waals surface area (Å²) in [6.45, 7) is 6.24. The van der Waals surface area contributed by atoms with Gasteiger partial charge in [-0.05, 0) is 50.6 Å². The van der Waals surface area contributed by atoms with Gasteiger partial charge < -0.3 is 4.90 Å². The van der Waals surface area contributed by atoms with Gasteiger partial charge in [0.25, 0.3) is 0 Å². The van der Waals surface area contributed by atoms with E-state index in [0.29, 0.717) is 18.0 Å². The summed E-state index contributed by atoms with van der Waals surface area (Å²) in [7, 11) is 0. The van der Waals surface area contributed by atoms with Crippen LogP contribution in [0.3, 0.4) is 0 Å². The molecular weight excluding hydrogens is 346 g/mol. The summed E-state index contributed by atoms with van der Waals surface area (Å²) < 4.78 is 0. The average molecular weight is 370 g/mol. The van der Waals surface area contributed by atoms with Crippen LogP contribution in [0.5, 0.6) is 0 Å². The number of nitriles is 1. The van der Waals surface area contributed by atoms with Gasteiger partial charge in [-0.3, -0.25) is 10.1 Å². The molecule has 0 aliphatic heterocycles.